The first-order valence-corrected chi connectivity index (χ1v) is 5.32. The molecule has 0 aliphatic rings. The lowest BCUT2D eigenvalue weighted by atomic mass is 10.1. The molecule has 2 aromatic rings. The molecule has 0 aliphatic heterocycles. The van der Waals surface area contributed by atoms with Crippen LogP contribution in [0.1, 0.15) is 5.69 Å². The molecule has 0 fully saturated rings. The molecule has 0 radical (unpaired) electrons. The molecule has 17 heavy (non-hydrogen) atoms. The average molecular weight is 245 g/mol. The number of nitriles is 1. The summed E-state index contributed by atoms with van der Waals surface area (Å²) < 4.78 is 0. The summed E-state index contributed by atoms with van der Waals surface area (Å²) in [6, 6.07) is 9.08. The number of halogens is 1. The Balaban J connectivity index is 2.59. The minimum absolute atomic E-state index is 0.331. The number of rotatable bonds is 2. The van der Waals surface area contributed by atoms with Crippen LogP contribution in [-0.4, -0.2) is 17.0 Å². The number of hydrogen-bond acceptors (Lipinski definition) is 4. The monoisotopic (exact) mass is 244 g/mol. The zero-order chi connectivity index (χ0) is 12.3. The molecule has 0 amide bonds. The third kappa shape index (κ3) is 2.35. The molecule has 0 aliphatic carbocycles. The van der Waals surface area contributed by atoms with E-state index < -0.39 is 0 Å². The molecule has 2 rings (SSSR count). The van der Waals surface area contributed by atoms with Gasteiger partial charge < -0.3 is 5.32 Å². The Morgan fingerprint density at radius 2 is 2.12 bits per heavy atom. The highest BCUT2D eigenvalue weighted by Gasteiger charge is 2.07. The zero-order valence-electron chi connectivity index (χ0n) is 9.11. The van der Waals surface area contributed by atoms with Gasteiger partial charge in [-0.3, -0.25) is 0 Å². The standard InChI is InChI=1S/C12H9ClN4/c1-15-11-3-2-8(13)4-10(11)12-5-9(6-14)16-7-17-12/h2-5,7,15H,1H3. The highest BCUT2D eigenvalue weighted by atomic mass is 35.5. The molecule has 0 atom stereocenters. The molecule has 1 aromatic heterocycles. The van der Waals surface area contributed by atoms with Gasteiger partial charge in [0.25, 0.3) is 0 Å². The van der Waals surface area contributed by atoms with Crippen LogP contribution in [-0.2, 0) is 0 Å². The molecule has 0 saturated heterocycles. The van der Waals surface area contributed by atoms with Gasteiger partial charge in [0, 0.05) is 29.4 Å². The maximum absolute atomic E-state index is 8.81. The summed E-state index contributed by atoms with van der Waals surface area (Å²) in [4.78, 5) is 7.98. The summed E-state index contributed by atoms with van der Waals surface area (Å²) in [5.74, 6) is 0. The van der Waals surface area contributed by atoms with Gasteiger partial charge in [-0.15, -0.1) is 0 Å². The first kappa shape index (κ1) is 11.4. The van der Waals surface area contributed by atoms with Gasteiger partial charge in [0.15, 0.2) is 0 Å². The second-order valence-corrected chi connectivity index (χ2v) is 3.78. The molecule has 84 valence electrons. The fourth-order valence-corrected chi connectivity index (χ4v) is 1.68. The molecule has 0 unspecified atom stereocenters. The molecule has 0 spiro atoms. The topological polar surface area (TPSA) is 61.6 Å². The summed E-state index contributed by atoms with van der Waals surface area (Å²) >= 11 is 5.96. The maximum Gasteiger partial charge on any atom is 0.144 e. The molecular formula is C12H9ClN4. The van der Waals surface area contributed by atoms with Gasteiger partial charge in [-0.1, -0.05) is 11.6 Å². The predicted molar refractivity (Wildman–Crippen MR) is 66.7 cm³/mol. The normalized spacial score (nSPS) is 9.71. The highest BCUT2D eigenvalue weighted by molar-refractivity contribution is 6.31. The van der Waals surface area contributed by atoms with Crippen molar-refractivity contribution >= 4 is 17.3 Å². The van der Waals surface area contributed by atoms with Gasteiger partial charge >= 0.3 is 0 Å². The van der Waals surface area contributed by atoms with Gasteiger partial charge in [-0.05, 0) is 18.2 Å². The van der Waals surface area contributed by atoms with Crippen molar-refractivity contribution in [1.82, 2.24) is 9.97 Å². The molecule has 0 saturated carbocycles. The SMILES string of the molecule is CNc1ccc(Cl)cc1-c1cc(C#N)ncn1. The van der Waals surface area contributed by atoms with Crippen LogP contribution in [0.15, 0.2) is 30.6 Å². The van der Waals surface area contributed by atoms with Crippen LogP contribution in [0.2, 0.25) is 5.02 Å². The fraction of sp³-hybridized carbons (Fsp3) is 0.0833. The maximum atomic E-state index is 8.81. The predicted octanol–water partition coefficient (Wildman–Crippen LogP) is 2.71. The van der Waals surface area contributed by atoms with Crippen molar-refractivity contribution < 1.29 is 0 Å². The van der Waals surface area contributed by atoms with Gasteiger partial charge in [0.2, 0.25) is 0 Å². The Morgan fingerprint density at radius 3 is 2.82 bits per heavy atom. The first-order valence-electron chi connectivity index (χ1n) is 4.94. The summed E-state index contributed by atoms with van der Waals surface area (Å²) in [6.07, 6.45) is 1.37. The van der Waals surface area contributed by atoms with Crippen molar-refractivity contribution in [1.29, 1.82) is 5.26 Å². The van der Waals surface area contributed by atoms with E-state index in [1.807, 2.05) is 19.2 Å². The van der Waals surface area contributed by atoms with Crippen molar-refractivity contribution in [3.8, 4) is 17.3 Å². The Morgan fingerprint density at radius 1 is 1.29 bits per heavy atom. The van der Waals surface area contributed by atoms with Crippen LogP contribution >= 0.6 is 11.6 Å². The third-order valence-electron chi connectivity index (χ3n) is 2.31. The van der Waals surface area contributed by atoms with E-state index in [1.165, 1.54) is 6.33 Å². The van der Waals surface area contributed by atoms with Gasteiger partial charge in [0.05, 0.1) is 5.69 Å². The van der Waals surface area contributed by atoms with E-state index in [9.17, 15) is 0 Å². The highest BCUT2D eigenvalue weighted by Crippen LogP contribution is 2.29. The van der Waals surface area contributed by atoms with E-state index in [0.717, 1.165) is 11.3 Å². The van der Waals surface area contributed by atoms with Gasteiger partial charge in [-0.2, -0.15) is 5.26 Å². The lowest BCUT2D eigenvalue weighted by molar-refractivity contribution is 1.14. The quantitative estimate of drug-likeness (QED) is 0.882. The number of nitrogens with zero attached hydrogens (tertiary/aromatic N) is 3. The summed E-state index contributed by atoms with van der Waals surface area (Å²) in [5, 5.41) is 12.5. The molecule has 1 aromatic carbocycles. The lowest BCUT2D eigenvalue weighted by Crippen LogP contribution is -1.95. The molecule has 1 N–H and O–H groups in total. The molecular weight excluding hydrogens is 236 g/mol. The number of nitrogens with one attached hydrogen (secondary N) is 1. The van der Waals surface area contributed by atoms with E-state index >= 15 is 0 Å². The van der Waals surface area contributed by atoms with E-state index in [2.05, 4.69) is 15.3 Å². The summed E-state index contributed by atoms with van der Waals surface area (Å²) in [7, 11) is 1.82. The molecule has 4 nitrogen and oxygen atoms in total. The van der Waals surface area contributed by atoms with Crippen LogP contribution in [0, 0.1) is 11.3 Å². The van der Waals surface area contributed by atoms with Crippen molar-refractivity contribution in [2.75, 3.05) is 12.4 Å². The molecule has 0 bridgehead atoms. The minimum atomic E-state index is 0.331. The Bertz CT molecular complexity index is 589. The van der Waals surface area contributed by atoms with Crippen molar-refractivity contribution in [3.05, 3.63) is 41.3 Å². The van der Waals surface area contributed by atoms with Gasteiger partial charge in [-0.25, -0.2) is 9.97 Å². The largest absolute Gasteiger partial charge is 0.388 e. The Labute approximate surface area is 104 Å². The summed E-state index contributed by atoms with van der Waals surface area (Å²) in [5.41, 5.74) is 2.75. The average Bonchev–Trinajstić information content (AvgIpc) is 2.39. The summed E-state index contributed by atoms with van der Waals surface area (Å²) in [6.45, 7) is 0. The van der Waals surface area contributed by atoms with Crippen LogP contribution in [0.4, 0.5) is 5.69 Å². The second kappa shape index (κ2) is 4.81. The fourth-order valence-electron chi connectivity index (χ4n) is 1.51. The van der Waals surface area contributed by atoms with Crippen LogP contribution in [0.25, 0.3) is 11.3 Å². The Kier molecular flexibility index (Phi) is 3.22. The zero-order valence-corrected chi connectivity index (χ0v) is 9.86. The number of benzene rings is 1. The van der Waals surface area contributed by atoms with Gasteiger partial charge in [0.1, 0.15) is 18.1 Å². The number of hydrogen-bond donors (Lipinski definition) is 1. The van der Waals surface area contributed by atoms with E-state index in [4.69, 9.17) is 16.9 Å². The number of aromatic nitrogens is 2. The first-order chi connectivity index (χ1) is 8.24. The second-order valence-electron chi connectivity index (χ2n) is 3.34. The van der Waals surface area contributed by atoms with E-state index in [1.54, 1.807) is 18.2 Å². The van der Waals surface area contributed by atoms with Crippen LogP contribution in [0.3, 0.4) is 0 Å². The third-order valence-corrected chi connectivity index (χ3v) is 2.54. The Hall–Kier alpha value is -2.12. The molecule has 1 heterocycles. The van der Waals surface area contributed by atoms with E-state index in [0.29, 0.717) is 16.4 Å². The molecule has 5 heteroatoms. The van der Waals surface area contributed by atoms with Crippen LogP contribution < -0.4 is 5.32 Å². The van der Waals surface area contributed by atoms with Crippen LogP contribution in [0.5, 0.6) is 0 Å². The van der Waals surface area contributed by atoms with Crippen molar-refractivity contribution in [2.45, 2.75) is 0 Å². The lowest BCUT2D eigenvalue weighted by Gasteiger charge is -2.08. The van der Waals surface area contributed by atoms with Crippen molar-refractivity contribution in [3.63, 3.8) is 0 Å². The number of anilines is 1. The van der Waals surface area contributed by atoms with E-state index in [-0.39, 0.29) is 0 Å². The van der Waals surface area contributed by atoms with Crippen molar-refractivity contribution in [2.24, 2.45) is 0 Å². The minimum Gasteiger partial charge on any atom is -0.388 e. The smallest absolute Gasteiger partial charge is 0.144 e.